The summed E-state index contributed by atoms with van der Waals surface area (Å²) in [7, 11) is -3.52. The molecule has 0 saturated carbocycles. The first-order valence-electron chi connectivity index (χ1n) is 4.29. The molecular formula is C8H12Cl3N3O2S. The maximum Gasteiger partial charge on any atom is 0.274 e. The molecule has 0 heterocycles. The highest BCUT2D eigenvalue weighted by molar-refractivity contribution is 7.87. The molecule has 0 amide bonds. The summed E-state index contributed by atoms with van der Waals surface area (Å²) >= 11 is 16.3. The minimum Gasteiger partial charge on any atom is -0.399 e. The zero-order valence-corrected chi connectivity index (χ0v) is 11.7. The van der Waals surface area contributed by atoms with Gasteiger partial charge in [0.2, 0.25) is 0 Å². The molecule has 1 aromatic carbocycles. The monoisotopic (exact) mass is 319 g/mol. The van der Waals surface area contributed by atoms with Crippen molar-refractivity contribution >= 4 is 50.7 Å². The van der Waals surface area contributed by atoms with E-state index in [9.17, 15) is 8.42 Å². The van der Waals surface area contributed by atoms with Crippen LogP contribution >= 0.6 is 34.8 Å². The van der Waals surface area contributed by atoms with Gasteiger partial charge in [0.15, 0.2) is 0 Å². The van der Waals surface area contributed by atoms with E-state index in [1.165, 1.54) is 0 Å². The van der Waals surface area contributed by atoms with Crippen LogP contribution in [0, 0.1) is 0 Å². The lowest BCUT2D eigenvalue weighted by atomic mass is 10.3. The van der Waals surface area contributed by atoms with E-state index in [2.05, 4.69) is 5.14 Å². The fraction of sp³-hybridized carbons (Fsp3) is 0.250. The predicted octanol–water partition coefficient (Wildman–Crippen LogP) is 1.59. The van der Waals surface area contributed by atoms with Gasteiger partial charge in [-0.1, -0.05) is 23.2 Å². The first-order valence-corrected chi connectivity index (χ1v) is 7.13. The molecule has 5 N–H and O–H groups in total. The molecule has 0 aromatic heterocycles. The summed E-state index contributed by atoms with van der Waals surface area (Å²) in [6, 6.07) is 4.93. The van der Waals surface area contributed by atoms with E-state index < -0.39 is 10.2 Å². The van der Waals surface area contributed by atoms with Crippen molar-refractivity contribution in [1.29, 1.82) is 0 Å². The number of nitrogens with two attached hydrogens (primary N) is 2. The maximum atomic E-state index is 10.00. The molecule has 98 valence electrons. The number of halogens is 3. The van der Waals surface area contributed by atoms with Crippen molar-refractivity contribution in [3.05, 3.63) is 28.2 Å². The predicted molar refractivity (Wildman–Crippen MR) is 72.7 cm³/mol. The molecule has 0 aliphatic carbocycles. The van der Waals surface area contributed by atoms with Gasteiger partial charge in [0.1, 0.15) is 0 Å². The Balaban J connectivity index is 0.000000304. The van der Waals surface area contributed by atoms with Crippen molar-refractivity contribution in [1.82, 2.24) is 4.72 Å². The molecule has 17 heavy (non-hydrogen) atoms. The van der Waals surface area contributed by atoms with E-state index in [1.807, 2.05) is 4.72 Å². The molecular weight excluding hydrogens is 309 g/mol. The van der Waals surface area contributed by atoms with Crippen LogP contribution in [-0.4, -0.2) is 20.8 Å². The highest BCUT2D eigenvalue weighted by Gasteiger charge is 1.95. The van der Waals surface area contributed by atoms with Gasteiger partial charge in [-0.15, -0.1) is 11.6 Å². The van der Waals surface area contributed by atoms with Gasteiger partial charge in [-0.05, 0) is 18.2 Å². The summed E-state index contributed by atoms with van der Waals surface area (Å²) in [4.78, 5) is 0. The Morgan fingerprint density at radius 2 is 1.65 bits per heavy atom. The molecule has 9 heteroatoms. The molecule has 1 rings (SSSR count). The summed E-state index contributed by atoms with van der Waals surface area (Å²) in [5, 5.41) is 5.66. The van der Waals surface area contributed by atoms with E-state index in [0.29, 0.717) is 15.7 Å². The Bertz CT molecular complexity index is 403. The van der Waals surface area contributed by atoms with Crippen LogP contribution in [0.15, 0.2) is 18.2 Å². The number of alkyl halides is 1. The summed E-state index contributed by atoms with van der Waals surface area (Å²) in [6.07, 6.45) is 0. The van der Waals surface area contributed by atoms with Crippen LogP contribution in [0.3, 0.4) is 0 Å². The lowest BCUT2D eigenvalue weighted by molar-refractivity contribution is 0.586. The topological polar surface area (TPSA) is 98.2 Å². The number of hydrogen-bond acceptors (Lipinski definition) is 3. The molecule has 0 aliphatic rings. The van der Waals surface area contributed by atoms with Crippen molar-refractivity contribution in [2.45, 2.75) is 0 Å². The van der Waals surface area contributed by atoms with E-state index in [-0.39, 0.29) is 12.4 Å². The average Bonchev–Trinajstić information content (AvgIpc) is 2.12. The minimum absolute atomic E-state index is 0.181. The van der Waals surface area contributed by atoms with Crippen molar-refractivity contribution in [3.8, 4) is 0 Å². The van der Waals surface area contributed by atoms with Crippen LogP contribution < -0.4 is 15.6 Å². The highest BCUT2D eigenvalue weighted by Crippen LogP contribution is 2.19. The van der Waals surface area contributed by atoms with Crippen LogP contribution in [0.1, 0.15) is 0 Å². The smallest absolute Gasteiger partial charge is 0.274 e. The second kappa shape index (κ2) is 7.97. The molecule has 0 aliphatic heterocycles. The Labute approximate surface area is 115 Å². The van der Waals surface area contributed by atoms with Crippen molar-refractivity contribution in [3.63, 3.8) is 0 Å². The quantitative estimate of drug-likeness (QED) is 0.582. The summed E-state index contributed by atoms with van der Waals surface area (Å²) in [5.74, 6) is 0.233. The van der Waals surface area contributed by atoms with Gasteiger partial charge in [-0.25, -0.2) is 9.86 Å². The van der Waals surface area contributed by atoms with Crippen molar-refractivity contribution in [2.75, 3.05) is 18.2 Å². The van der Waals surface area contributed by atoms with E-state index in [4.69, 9.17) is 40.5 Å². The molecule has 0 spiro atoms. The zero-order chi connectivity index (χ0) is 13.5. The third-order valence-corrected chi connectivity index (χ3v) is 2.51. The second-order valence-corrected chi connectivity index (χ2v) is 5.46. The van der Waals surface area contributed by atoms with Gasteiger partial charge in [-0.3, -0.25) is 0 Å². The summed E-state index contributed by atoms with van der Waals surface area (Å²) < 4.78 is 22.0. The first kappa shape index (κ1) is 16.8. The number of nitrogens with one attached hydrogen (secondary N) is 1. The second-order valence-electron chi connectivity index (χ2n) is 2.83. The number of nitrogen functional groups attached to an aromatic ring is 1. The van der Waals surface area contributed by atoms with Crippen LogP contribution in [0.2, 0.25) is 10.0 Å². The normalized spacial score (nSPS) is 10.6. The standard InChI is InChI=1S/C6H5Cl2N.C2H7ClN2O2S/c7-4-1-5(8)3-6(9)2-4;3-1-2-5-8(4,6)7/h1-3H,9H2;5H,1-2H2,(H2,4,6,7). The molecule has 0 atom stereocenters. The van der Waals surface area contributed by atoms with Gasteiger partial charge in [0.25, 0.3) is 10.2 Å². The van der Waals surface area contributed by atoms with Gasteiger partial charge >= 0.3 is 0 Å². The fourth-order valence-electron chi connectivity index (χ4n) is 0.756. The lowest BCUT2D eigenvalue weighted by Crippen LogP contribution is -2.32. The SMILES string of the molecule is NS(=O)(=O)NCCCl.Nc1cc(Cl)cc(Cl)c1. The molecule has 0 saturated heterocycles. The van der Waals surface area contributed by atoms with Crippen LogP contribution in [0.5, 0.6) is 0 Å². The maximum absolute atomic E-state index is 10.00. The van der Waals surface area contributed by atoms with Gasteiger partial charge in [0.05, 0.1) is 0 Å². The van der Waals surface area contributed by atoms with Crippen LogP contribution in [-0.2, 0) is 10.2 Å². The zero-order valence-electron chi connectivity index (χ0n) is 8.66. The lowest BCUT2D eigenvalue weighted by Gasteiger charge is -1.94. The van der Waals surface area contributed by atoms with Crippen LogP contribution in [0.25, 0.3) is 0 Å². The summed E-state index contributed by atoms with van der Waals surface area (Å²) in [5.41, 5.74) is 5.98. The Hall–Kier alpha value is -0.240. The average molecular weight is 321 g/mol. The largest absolute Gasteiger partial charge is 0.399 e. The minimum atomic E-state index is -3.52. The molecule has 0 bridgehead atoms. The summed E-state index contributed by atoms with van der Waals surface area (Å²) in [6.45, 7) is 0.181. The number of benzene rings is 1. The van der Waals surface area contributed by atoms with Gasteiger partial charge in [-0.2, -0.15) is 8.42 Å². The molecule has 0 radical (unpaired) electrons. The molecule has 0 unspecified atom stereocenters. The van der Waals surface area contributed by atoms with Crippen molar-refractivity contribution < 1.29 is 8.42 Å². The fourth-order valence-corrected chi connectivity index (χ4v) is 1.89. The Morgan fingerprint density at radius 1 is 1.18 bits per heavy atom. The number of anilines is 1. The molecule has 5 nitrogen and oxygen atoms in total. The third kappa shape index (κ3) is 10.6. The van der Waals surface area contributed by atoms with Gasteiger partial charge < -0.3 is 5.73 Å². The Kier molecular flexibility index (Phi) is 7.85. The first-order chi connectivity index (χ1) is 7.74. The number of hydrogen-bond donors (Lipinski definition) is 3. The number of rotatable bonds is 3. The van der Waals surface area contributed by atoms with E-state index in [1.54, 1.807) is 18.2 Å². The van der Waals surface area contributed by atoms with E-state index >= 15 is 0 Å². The van der Waals surface area contributed by atoms with E-state index in [0.717, 1.165) is 0 Å². The molecule has 0 fully saturated rings. The van der Waals surface area contributed by atoms with Crippen molar-refractivity contribution in [2.24, 2.45) is 5.14 Å². The third-order valence-electron chi connectivity index (χ3n) is 1.28. The van der Waals surface area contributed by atoms with Gasteiger partial charge in [0, 0.05) is 28.2 Å². The molecule has 1 aromatic rings. The Morgan fingerprint density at radius 3 is 1.88 bits per heavy atom. The highest BCUT2D eigenvalue weighted by atomic mass is 35.5. The van der Waals surface area contributed by atoms with Crippen LogP contribution in [0.4, 0.5) is 5.69 Å².